The molecule has 0 aliphatic rings. The fourth-order valence-corrected chi connectivity index (χ4v) is 7.92. The summed E-state index contributed by atoms with van der Waals surface area (Å²) in [5.41, 5.74) is 4.51. The molecule has 0 amide bonds. The first-order valence-electron chi connectivity index (χ1n) is 13.1. The third-order valence-electron chi connectivity index (χ3n) is 6.58. The summed E-state index contributed by atoms with van der Waals surface area (Å²) in [4.78, 5) is 27.2. The quantitative estimate of drug-likeness (QED) is 0.0895. The lowest BCUT2D eigenvalue weighted by atomic mass is 10.3. The molecule has 4 N–H and O–H groups in total. The summed E-state index contributed by atoms with van der Waals surface area (Å²) >= 11 is 93.7. The number of rotatable bonds is 0. The molecule has 272 valence electrons. The summed E-state index contributed by atoms with van der Waals surface area (Å²) in [5.74, 6) is 0. The normalized spacial score (nSPS) is 11.1. The van der Waals surface area contributed by atoms with Gasteiger partial charge in [-0.05, 0) is 0 Å². The highest BCUT2D eigenvalue weighted by molar-refractivity contribution is 6.57. The Kier molecular flexibility index (Phi) is 14.5. The molecule has 0 saturated carbocycles. The number of imidazole rings is 4. The largest absolute Gasteiger partial charge is 0.343 e. The molecule has 4 heterocycles. The number of hydrogen-bond acceptors (Lipinski definition) is 4. The Bertz CT molecular complexity index is 2100. The standard InChI is InChI=1S/4C7H2Cl4N2/c4*8-2-3(9)5(11)7-6(4(2)10)12-1-13-7/h4*1H,(H,12,13). The molecule has 8 nitrogen and oxygen atoms in total. The maximum absolute atomic E-state index is 5.90. The second kappa shape index (κ2) is 17.7. The lowest BCUT2D eigenvalue weighted by molar-refractivity contribution is 1.34. The van der Waals surface area contributed by atoms with Crippen LogP contribution in [0.2, 0.25) is 80.4 Å². The van der Waals surface area contributed by atoms with Crippen LogP contribution in [0.1, 0.15) is 0 Å². The van der Waals surface area contributed by atoms with Crippen LogP contribution in [0.5, 0.6) is 0 Å². The number of benzene rings is 4. The minimum Gasteiger partial charge on any atom is -0.343 e. The van der Waals surface area contributed by atoms with Crippen molar-refractivity contribution < 1.29 is 0 Å². The van der Waals surface area contributed by atoms with Crippen LogP contribution in [-0.4, -0.2) is 39.9 Å². The van der Waals surface area contributed by atoms with Gasteiger partial charge >= 0.3 is 0 Å². The Morgan fingerprint density at radius 1 is 0.231 bits per heavy atom. The van der Waals surface area contributed by atoms with Crippen molar-refractivity contribution in [1.82, 2.24) is 39.9 Å². The topological polar surface area (TPSA) is 115 Å². The first kappa shape index (κ1) is 42.5. The van der Waals surface area contributed by atoms with Gasteiger partial charge in [0.25, 0.3) is 0 Å². The molecule has 0 saturated heterocycles. The van der Waals surface area contributed by atoms with Gasteiger partial charge in [0.1, 0.15) is 22.1 Å². The number of nitrogens with zero attached hydrogens (tertiary/aromatic N) is 4. The molecule has 0 unspecified atom stereocenters. The van der Waals surface area contributed by atoms with E-state index in [2.05, 4.69) is 39.9 Å². The predicted octanol–water partition coefficient (Wildman–Crippen LogP) is 16.7. The van der Waals surface area contributed by atoms with E-state index in [-0.39, 0.29) is 40.2 Å². The van der Waals surface area contributed by atoms with Gasteiger partial charge in [-0.15, -0.1) is 0 Å². The molecule has 0 atom stereocenters. The van der Waals surface area contributed by atoms with Crippen molar-refractivity contribution in [2.24, 2.45) is 0 Å². The minimum absolute atomic E-state index is 0.230. The zero-order valence-electron chi connectivity index (χ0n) is 24.1. The molecule has 0 spiro atoms. The summed E-state index contributed by atoms with van der Waals surface area (Å²) in [5, 5.41) is 4.48. The highest BCUT2D eigenvalue weighted by atomic mass is 35.5. The van der Waals surface area contributed by atoms with E-state index in [0.717, 1.165) is 0 Å². The van der Waals surface area contributed by atoms with Gasteiger partial charge in [0.2, 0.25) is 0 Å². The van der Waals surface area contributed by atoms with Gasteiger partial charge in [-0.25, -0.2) is 19.9 Å². The van der Waals surface area contributed by atoms with Crippen molar-refractivity contribution in [3.63, 3.8) is 0 Å². The van der Waals surface area contributed by atoms with E-state index in [1.807, 2.05) is 0 Å². The van der Waals surface area contributed by atoms with Crippen LogP contribution in [0.3, 0.4) is 0 Å². The van der Waals surface area contributed by atoms with Gasteiger partial charge in [0.15, 0.2) is 0 Å². The van der Waals surface area contributed by atoms with E-state index in [9.17, 15) is 0 Å². The van der Waals surface area contributed by atoms with Crippen molar-refractivity contribution in [1.29, 1.82) is 0 Å². The Hall–Kier alpha value is -0.600. The van der Waals surface area contributed by atoms with Crippen molar-refractivity contribution in [2.75, 3.05) is 0 Å². The molecule has 0 radical (unpaired) electrons. The van der Waals surface area contributed by atoms with E-state index < -0.39 is 0 Å². The third kappa shape index (κ3) is 8.12. The summed E-state index contributed by atoms with van der Waals surface area (Å²) in [6.07, 6.45) is 5.92. The molecular weight excluding hydrogens is 1020 g/mol. The molecule has 52 heavy (non-hydrogen) atoms. The number of fused-ring (bicyclic) bond motifs is 4. The van der Waals surface area contributed by atoms with Crippen molar-refractivity contribution in [3.05, 3.63) is 106 Å². The fraction of sp³-hybridized carbons (Fsp3) is 0. The monoisotopic (exact) mass is 1020 g/mol. The molecule has 24 heteroatoms. The van der Waals surface area contributed by atoms with E-state index in [1.54, 1.807) is 0 Å². The Morgan fingerprint density at radius 3 is 0.558 bits per heavy atom. The maximum atomic E-state index is 5.90. The molecule has 4 aromatic carbocycles. The van der Waals surface area contributed by atoms with E-state index in [0.29, 0.717) is 84.3 Å². The smallest absolute Gasteiger partial charge is 0.110 e. The van der Waals surface area contributed by atoms with Gasteiger partial charge in [-0.1, -0.05) is 186 Å². The van der Waals surface area contributed by atoms with Crippen LogP contribution in [-0.2, 0) is 0 Å². The summed E-state index contributed by atoms with van der Waals surface area (Å²) in [6, 6.07) is 0. The molecule has 0 aliphatic heterocycles. The van der Waals surface area contributed by atoms with Crippen LogP contribution in [0.4, 0.5) is 0 Å². The van der Waals surface area contributed by atoms with Gasteiger partial charge in [0.05, 0.1) is 128 Å². The average molecular weight is 1020 g/mol. The van der Waals surface area contributed by atoms with Gasteiger partial charge in [-0.2, -0.15) is 0 Å². The first-order chi connectivity index (χ1) is 24.5. The predicted molar refractivity (Wildman–Crippen MR) is 225 cm³/mol. The number of nitrogens with one attached hydrogen (secondary N) is 4. The molecule has 8 aromatic rings. The zero-order chi connectivity index (χ0) is 38.3. The van der Waals surface area contributed by atoms with Gasteiger partial charge in [0, 0.05) is 0 Å². The van der Waals surface area contributed by atoms with Crippen LogP contribution in [0, 0.1) is 0 Å². The Labute approximate surface area is 371 Å². The van der Waals surface area contributed by atoms with Crippen LogP contribution >= 0.6 is 186 Å². The van der Waals surface area contributed by atoms with Crippen LogP contribution in [0.15, 0.2) is 25.3 Å². The van der Waals surface area contributed by atoms with Crippen LogP contribution < -0.4 is 0 Å². The fourth-order valence-electron chi connectivity index (χ4n) is 4.14. The second-order valence-corrected chi connectivity index (χ2v) is 15.6. The highest BCUT2D eigenvalue weighted by Gasteiger charge is 2.19. The number of hydrogen-bond donors (Lipinski definition) is 4. The summed E-state index contributed by atoms with van der Waals surface area (Å²) in [6.45, 7) is 0. The highest BCUT2D eigenvalue weighted by Crippen LogP contribution is 2.44. The Balaban J connectivity index is 0.000000134. The number of aromatic amines is 4. The molecule has 8 rings (SSSR count). The van der Waals surface area contributed by atoms with E-state index in [4.69, 9.17) is 186 Å². The number of H-pyrrole nitrogens is 4. The minimum atomic E-state index is 0.230. The van der Waals surface area contributed by atoms with Gasteiger partial charge in [-0.3, -0.25) is 0 Å². The SMILES string of the molecule is Clc1c(Cl)c(Cl)c2[nH]cnc2c1Cl.Clc1c(Cl)c(Cl)c2[nH]cnc2c1Cl.Clc1c(Cl)c(Cl)c2[nH]cnc2c1Cl.Clc1c(Cl)c(Cl)c2[nH]cnc2c1Cl. The third-order valence-corrected chi connectivity index (χ3v) is 13.7. The second-order valence-electron chi connectivity index (χ2n) is 9.53. The molecule has 4 aromatic heterocycles. The van der Waals surface area contributed by atoms with Crippen molar-refractivity contribution in [2.45, 2.75) is 0 Å². The number of halogens is 16. The maximum Gasteiger partial charge on any atom is 0.110 e. The molecular formula is C28H8Cl16N8. The summed E-state index contributed by atoms with van der Waals surface area (Å²) in [7, 11) is 0. The zero-order valence-corrected chi connectivity index (χ0v) is 36.2. The lowest BCUT2D eigenvalue weighted by Gasteiger charge is -2.02. The molecule has 0 fully saturated rings. The van der Waals surface area contributed by atoms with Crippen LogP contribution in [0.25, 0.3) is 44.1 Å². The Morgan fingerprint density at radius 2 is 0.385 bits per heavy atom. The lowest BCUT2D eigenvalue weighted by Crippen LogP contribution is -1.79. The number of aromatic nitrogens is 8. The van der Waals surface area contributed by atoms with Crippen molar-refractivity contribution in [3.8, 4) is 0 Å². The average Bonchev–Trinajstić information content (AvgIpc) is 3.98. The first-order valence-corrected chi connectivity index (χ1v) is 19.2. The summed E-state index contributed by atoms with van der Waals surface area (Å²) < 4.78 is 0. The van der Waals surface area contributed by atoms with E-state index in [1.165, 1.54) is 25.3 Å². The molecule has 0 bridgehead atoms. The van der Waals surface area contributed by atoms with E-state index >= 15 is 0 Å². The molecule has 0 aliphatic carbocycles. The van der Waals surface area contributed by atoms with Crippen molar-refractivity contribution >= 4 is 230 Å². The van der Waals surface area contributed by atoms with Gasteiger partial charge < -0.3 is 19.9 Å².